The van der Waals surface area contributed by atoms with Crippen LogP contribution in [-0.4, -0.2) is 43.2 Å². The zero-order valence-electron chi connectivity index (χ0n) is 10.3. The summed E-state index contributed by atoms with van der Waals surface area (Å²) in [4.78, 5) is 12.0. The number of para-hydroxylation sites is 1. The van der Waals surface area contributed by atoms with Crippen LogP contribution in [0, 0.1) is 0 Å². The Bertz CT molecular complexity index is 411. The highest BCUT2D eigenvalue weighted by Crippen LogP contribution is 2.29. The minimum Gasteiger partial charge on any atom is -0.504 e. The Labute approximate surface area is 114 Å². The Morgan fingerprint density at radius 1 is 1.50 bits per heavy atom. The Kier molecular flexibility index (Phi) is 5.94. The molecule has 1 rings (SSSR count). The van der Waals surface area contributed by atoms with Gasteiger partial charge in [0.2, 0.25) is 0 Å². The molecule has 0 aliphatic rings. The SMILES string of the molecule is COCC(CBr)NC(=O)c1cccc(OC)c1O. The van der Waals surface area contributed by atoms with E-state index in [0.717, 1.165) is 0 Å². The van der Waals surface area contributed by atoms with Crippen molar-refractivity contribution in [2.24, 2.45) is 0 Å². The predicted molar refractivity (Wildman–Crippen MR) is 71.6 cm³/mol. The van der Waals surface area contributed by atoms with Crippen LogP contribution in [0.2, 0.25) is 0 Å². The molecule has 2 N–H and O–H groups in total. The minimum absolute atomic E-state index is 0.159. The lowest BCUT2D eigenvalue weighted by atomic mass is 10.1. The molecule has 6 heteroatoms. The topological polar surface area (TPSA) is 67.8 Å². The van der Waals surface area contributed by atoms with Crippen molar-refractivity contribution >= 4 is 21.8 Å². The number of aromatic hydroxyl groups is 1. The number of hydrogen-bond acceptors (Lipinski definition) is 4. The number of ether oxygens (including phenoxy) is 2. The molecule has 1 amide bonds. The first-order chi connectivity index (χ1) is 8.63. The second-order valence-corrected chi connectivity index (χ2v) is 4.28. The average Bonchev–Trinajstić information content (AvgIpc) is 2.38. The van der Waals surface area contributed by atoms with E-state index in [4.69, 9.17) is 9.47 Å². The lowest BCUT2D eigenvalue weighted by Gasteiger charge is -2.16. The van der Waals surface area contributed by atoms with Crippen LogP contribution in [0.4, 0.5) is 0 Å². The van der Waals surface area contributed by atoms with Crippen molar-refractivity contribution in [1.29, 1.82) is 0 Å². The Balaban J connectivity index is 2.84. The number of phenols is 1. The lowest BCUT2D eigenvalue weighted by molar-refractivity contribution is 0.0904. The second-order valence-electron chi connectivity index (χ2n) is 3.64. The molecule has 0 aliphatic carbocycles. The predicted octanol–water partition coefficient (Wildman–Crippen LogP) is 1.54. The molecule has 0 aliphatic heterocycles. The van der Waals surface area contributed by atoms with Crippen molar-refractivity contribution in [2.75, 3.05) is 26.2 Å². The van der Waals surface area contributed by atoms with E-state index in [2.05, 4.69) is 21.2 Å². The van der Waals surface area contributed by atoms with Gasteiger partial charge in [0, 0.05) is 12.4 Å². The third kappa shape index (κ3) is 3.61. The number of halogens is 1. The van der Waals surface area contributed by atoms with Gasteiger partial charge in [0.15, 0.2) is 11.5 Å². The third-order valence-electron chi connectivity index (χ3n) is 2.35. The van der Waals surface area contributed by atoms with E-state index in [0.29, 0.717) is 11.9 Å². The first kappa shape index (κ1) is 14.8. The smallest absolute Gasteiger partial charge is 0.255 e. The van der Waals surface area contributed by atoms with Gasteiger partial charge in [-0.15, -0.1) is 0 Å². The zero-order valence-corrected chi connectivity index (χ0v) is 11.9. The summed E-state index contributed by atoms with van der Waals surface area (Å²) in [6.45, 7) is 0.391. The van der Waals surface area contributed by atoms with Crippen molar-refractivity contribution in [3.63, 3.8) is 0 Å². The number of methoxy groups -OCH3 is 2. The molecule has 100 valence electrons. The molecule has 0 heterocycles. The summed E-state index contributed by atoms with van der Waals surface area (Å²) < 4.78 is 9.93. The summed E-state index contributed by atoms with van der Waals surface area (Å²) in [5, 5.41) is 13.2. The van der Waals surface area contributed by atoms with Gasteiger partial charge in [-0.3, -0.25) is 4.79 Å². The first-order valence-corrected chi connectivity index (χ1v) is 6.47. The van der Waals surface area contributed by atoms with Crippen molar-refractivity contribution in [3.8, 4) is 11.5 Å². The van der Waals surface area contributed by atoms with Crippen LogP contribution in [0.15, 0.2) is 18.2 Å². The van der Waals surface area contributed by atoms with E-state index in [-0.39, 0.29) is 29.0 Å². The van der Waals surface area contributed by atoms with Crippen LogP contribution in [0.5, 0.6) is 11.5 Å². The number of carbonyl (C=O) groups excluding carboxylic acids is 1. The summed E-state index contributed by atoms with van der Waals surface area (Å²) in [5.74, 6) is -0.263. The van der Waals surface area contributed by atoms with Crippen molar-refractivity contribution < 1.29 is 19.4 Å². The van der Waals surface area contributed by atoms with Crippen LogP contribution >= 0.6 is 15.9 Å². The number of hydrogen-bond donors (Lipinski definition) is 2. The summed E-state index contributed by atoms with van der Waals surface area (Å²) in [5.41, 5.74) is 0.177. The molecule has 1 atom stereocenters. The number of carbonyl (C=O) groups is 1. The molecule has 18 heavy (non-hydrogen) atoms. The molecule has 0 bridgehead atoms. The molecule has 0 saturated heterocycles. The maximum atomic E-state index is 12.0. The summed E-state index contributed by atoms with van der Waals surface area (Å²) in [7, 11) is 2.99. The number of alkyl halides is 1. The molecular formula is C12H16BrNO4. The van der Waals surface area contributed by atoms with E-state index in [1.165, 1.54) is 13.2 Å². The van der Waals surface area contributed by atoms with E-state index >= 15 is 0 Å². The molecule has 1 unspecified atom stereocenters. The second kappa shape index (κ2) is 7.23. The van der Waals surface area contributed by atoms with Gasteiger partial charge in [-0.2, -0.15) is 0 Å². The molecular weight excluding hydrogens is 302 g/mol. The molecule has 1 aromatic rings. The van der Waals surface area contributed by atoms with Gasteiger partial charge >= 0.3 is 0 Å². The summed E-state index contributed by atoms with van der Waals surface area (Å²) in [6, 6.07) is 4.61. The third-order valence-corrected chi connectivity index (χ3v) is 3.13. The maximum Gasteiger partial charge on any atom is 0.255 e. The van der Waals surface area contributed by atoms with Crippen LogP contribution in [0.3, 0.4) is 0 Å². The van der Waals surface area contributed by atoms with Crippen LogP contribution in [0.1, 0.15) is 10.4 Å². The highest BCUT2D eigenvalue weighted by atomic mass is 79.9. The molecule has 0 saturated carbocycles. The molecule has 0 radical (unpaired) electrons. The zero-order chi connectivity index (χ0) is 13.5. The highest BCUT2D eigenvalue weighted by Gasteiger charge is 2.17. The minimum atomic E-state index is -0.368. The maximum absolute atomic E-state index is 12.0. The molecule has 1 aromatic carbocycles. The fraction of sp³-hybridized carbons (Fsp3) is 0.417. The van der Waals surface area contributed by atoms with Gasteiger partial charge in [-0.25, -0.2) is 0 Å². The quantitative estimate of drug-likeness (QED) is 0.781. The number of benzene rings is 1. The molecule has 0 spiro atoms. The first-order valence-electron chi connectivity index (χ1n) is 5.35. The largest absolute Gasteiger partial charge is 0.504 e. The number of phenolic OH excluding ortho intramolecular Hbond substituents is 1. The van der Waals surface area contributed by atoms with Gasteiger partial charge in [0.1, 0.15) is 0 Å². The Morgan fingerprint density at radius 3 is 2.78 bits per heavy atom. The Morgan fingerprint density at radius 2 is 2.22 bits per heavy atom. The fourth-order valence-corrected chi connectivity index (χ4v) is 1.81. The fourth-order valence-electron chi connectivity index (χ4n) is 1.46. The lowest BCUT2D eigenvalue weighted by Crippen LogP contribution is -2.39. The van der Waals surface area contributed by atoms with Gasteiger partial charge in [0.05, 0.1) is 25.3 Å². The number of rotatable bonds is 6. The molecule has 0 aromatic heterocycles. The number of amides is 1. The van der Waals surface area contributed by atoms with Crippen LogP contribution < -0.4 is 10.1 Å². The van der Waals surface area contributed by atoms with Crippen LogP contribution in [0.25, 0.3) is 0 Å². The highest BCUT2D eigenvalue weighted by molar-refractivity contribution is 9.09. The summed E-state index contributed by atoms with van der Waals surface area (Å²) >= 11 is 3.28. The van der Waals surface area contributed by atoms with Gasteiger partial charge in [-0.05, 0) is 12.1 Å². The van der Waals surface area contributed by atoms with Crippen LogP contribution in [-0.2, 0) is 4.74 Å². The van der Waals surface area contributed by atoms with Crippen molar-refractivity contribution in [1.82, 2.24) is 5.32 Å². The van der Waals surface area contributed by atoms with Gasteiger partial charge in [-0.1, -0.05) is 22.0 Å². The molecule has 5 nitrogen and oxygen atoms in total. The van der Waals surface area contributed by atoms with E-state index in [1.807, 2.05) is 0 Å². The normalized spacial score (nSPS) is 11.9. The van der Waals surface area contributed by atoms with E-state index in [1.54, 1.807) is 19.2 Å². The summed E-state index contributed by atoms with van der Waals surface area (Å²) in [6.07, 6.45) is 0. The standard InChI is InChI=1S/C12H16BrNO4/c1-17-7-8(6-13)14-12(16)9-4-3-5-10(18-2)11(9)15/h3-5,8,15H,6-7H2,1-2H3,(H,14,16). The van der Waals surface area contributed by atoms with Crippen molar-refractivity contribution in [2.45, 2.75) is 6.04 Å². The average molecular weight is 318 g/mol. The van der Waals surface area contributed by atoms with Crippen molar-refractivity contribution in [3.05, 3.63) is 23.8 Å². The molecule has 0 fully saturated rings. The van der Waals surface area contributed by atoms with E-state index in [9.17, 15) is 9.90 Å². The Hall–Kier alpha value is -1.27. The van der Waals surface area contributed by atoms with Gasteiger partial charge in [0.25, 0.3) is 5.91 Å². The monoisotopic (exact) mass is 317 g/mol. The van der Waals surface area contributed by atoms with E-state index < -0.39 is 0 Å². The number of nitrogens with one attached hydrogen (secondary N) is 1. The van der Waals surface area contributed by atoms with Gasteiger partial charge < -0.3 is 19.9 Å².